The molecule has 0 aliphatic rings. The molecule has 0 saturated heterocycles. The standard InChI is InChI=1S/C14H14ClN3S/c1-10-2-3-12(15)8-13(10)18-14(19)17-9-11-4-6-16-7-5-11/h2-8H,9H2,1H3,(H2,17,18,19). The van der Waals surface area contributed by atoms with Gasteiger partial charge in [0, 0.05) is 29.6 Å². The van der Waals surface area contributed by atoms with Crippen molar-refractivity contribution in [3.05, 3.63) is 58.9 Å². The Balaban J connectivity index is 1.93. The lowest BCUT2D eigenvalue weighted by atomic mass is 10.2. The number of pyridine rings is 1. The average molecular weight is 292 g/mol. The normalized spacial score (nSPS) is 10.0. The quantitative estimate of drug-likeness (QED) is 0.848. The van der Waals surface area contributed by atoms with E-state index < -0.39 is 0 Å². The molecule has 0 saturated carbocycles. The lowest BCUT2D eigenvalue weighted by molar-refractivity contribution is 0.921. The smallest absolute Gasteiger partial charge is 0.171 e. The summed E-state index contributed by atoms with van der Waals surface area (Å²) in [6, 6.07) is 9.56. The number of halogens is 1. The van der Waals surface area contributed by atoms with Crippen molar-refractivity contribution in [2.75, 3.05) is 5.32 Å². The fourth-order valence-electron chi connectivity index (χ4n) is 1.58. The Hall–Kier alpha value is -1.65. The van der Waals surface area contributed by atoms with Crippen LogP contribution in [0.3, 0.4) is 0 Å². The highest BCUT2D eigenvalue weighted by molar-refractivity contribution is 7.80. The molecule has 98 valence electrons. The number of hydrogen-bond donors (Lipinski definition) is 2. The summed E-state index contributed by atoms with van der Waals surface area (Å²) < 4.78 is 0. The van der Waals surface area contributed by atoms with Crippen molar-refractivity contribution in [3.8, 4) is 0 Å². The van der Waals surface area contributed by atoms with E-state index in [-0.39, 0.29) is 0 Å². The van der Waals surface area contributed by atoms with Crippen molar-refractivity contribution in [3.63, 3.8) is 0 Å². The van der Waals surface area contributed by atoms with E-state index in [4.69, 9.17) is 23.8 Å². The first-order valence-corrected chi connectivity index (χ1v) is 6.63. The lowest BCUT2D eigenvalue weighted by Gasteiger charge is -2.12. The molecule has 0 aliphatic carbocycles. The number of nitrogens with zero attached hydrogens (tertiary/aromatic N) is 1. The van der Waals surface area contributed by atoms with Crippen LogP contribution in [0.5, 0.6) is 0 Å². The monoisotopic (exact) mass is 291 g/mol. The molecule has 0 radical (unpaired) electrons. The molecule has 0 aliphatic heterocycles. The van der Waals surface area contributed by atoms with Crippen molar-refractivity contribution in [1.82, 2.24) is 10.3 Å². The molecule has 1 aromatic heterocycles. The first kappa shape index (κ1) is 13.8. The summed E-state index contributed by atoms with van der Waals surface area (Å²) in [6.45, 7) is 2.66. The van der Waals surface area contributed by atoms with E-state index in [2.05, 4.69) is 15.6 Å². The van der Waals surface area contributed by atoms with Gasteiger partial charge in [-0.15, -0.1) is 0 Å². The molecule has 0 amide bonds. The van der Waals surface area contributed by atoms with Crippen LogP contribution in [0.25, 0.3) is 0 Å². The summed E-state index contributed by atoms with van der Waals surface area (Å²) in [6.07, 6.45) is 3.52. The number of aryl methyl sites for hydroxylation is 1. The van der Waals surface area contributed by atoms with E-state index in [0.29, 0.717) is 16.7 Å². The summed E-state index contributed by atoms with van der Waals surface area (Å²) in [5, 5.41) is 7.54. The van der Waals surface area contributed by atoms with Gasteiger partial charge in [-0.1, -0.05) is 17.7 Å². The molecule has 2 N–H and O–H groups in total. The Morgan fingerprint density at radius 3 is 2.74 bits per heavy atom. The van der Waals surface area contributed by atoms with E-state index in [0.717, 1.165) is 16.8 Å². The zero-order valence-electron chi connectivity index (χ0n) is 10.5. The Kier molecular flexibility index (Phi) is 4.71. The van der Waals surface area contributed by atoms with Crippen LogP contribution in [0.4, 0.5) is 5.69 Å². The van der Waals surface area contributed by atoms with Crippen molar-refractivity contribution >= 4 is 34.6 Å². The maximum atomic E-state index is 5.96. The van der Waals surface area contributed by atoms with Crippen LogP contribution >= 0.6 is 23.8 Å². The summed E-state index contributed by atoms with van der Waals surface area (Å²) >= 11 is 11.2. The number of rotatable bonds is 3. The Labute approximate surface area is 123 Å². The van der Waals surface area contributed by atoms with Crippen LogP contribution in [-0.4, -0.2) is 10.1 Å². The number of anilines is 1. The van der Waals surface area contributed by atoms with Crippen LogP contribution < -0.4 is 10.6 Å². The summed E-state index contributed by atoms with van der Waals surface area (Å²) in [7, 11) is 0. The van der Waals surface area contributed by atoms with E-state index >= 15 is 0 Å². The van der Waals surface area contributed by atoms with Crippen LogP contribution in [0.1, 0.15) is 11.1 Å². The molecular weight excluding hydrogens is 278 g/mol. The zero-order chi connectivity index (χ0) is 13.7. The van der Waals surface area contributed by atoms with E-state index in [9.17, 15) is 0 Å². The van der Waals surface area contributed by atoms with Crippen molar-refractivity contribution in [2.24, 2.45) is 0 Å². The van der Waals surface area contributed by atoms with Crippen molar-refractivity contribution in [2.45, 2.75) is 13.5 Å². The maximum Gasteiger partial charge on any atom is 0.171 e. The minimum absolute atomic E-state index is 0.571. The molecule has 5 heteroatoms. The Morgan fingerprint density at radius 1 is 1.26 bits per heavy atom. The zero-order valence-corrected chi connectivity index (χ0v) is 12.1. The molecule has 0 fully saturated rings. The van der Waals surface area contributed by atoms with Gasteiger partial charge in [0.1, 0.15) is 0 Å². The van der Waals surface area contributed by atoms with Crippen molar-refractivity contribution in [1.29, 1.82) is 0 Å². The number of thiocarbonyl (C=S) groups is 1. The second-order valence-corrected chi connectivity index (χ2v) is 4.97. The maximum absolute atomic E-state index is 5.96. The van der Waals surface area contributed by atoms with Gasteiger partial charge >= 0.3 is 0 Å². The first-order chi connectivity index (χ1) is 9.15. The van der Waals surface area contributed by atoms with Gasteiger partial charge in [0.25, 0.3) is 0 Å². The molecule has 2 rings (SSSR count). The molecule has 1 heterocycles. The first-order valence-electron chi connectivity index (χ1n) is 5.85. The topological polar surface area (TPSA) is 37.0 Å². The van der Waals surface area contributed by atoms with Gasteiger partial charge in [-0.3, -0.25) is 4.98 Å². The van der Waals surface area contributed by atoms with E-state index in [1.807, 2.05) is 37.3 Å². The minimum atomic E-state index is 0.571. The number of aromatic nitrogens is 1. The molecule has 0 atom stereocenters. The third-order valence-electron chi connectivity index (χ3n) is 2.65. The summed E-state index contributed by atoms with van der Waals surface area (Å²) in [5.41, 5.74) is 3.14. The van der Waals surface area contributed by atoms with Crippen LogP contribution in [-0.2, 0) is 6.54 Å². The molecule has 0 spiro atoms. The molecule has 3 nitrogen and oxygen atoms in total. The third kappa shape index (κ3) is 4.19. The highest BCUT2D eigenvalue weighted by Crippen LogP contribution is 2.19. The highest BCUT2D eigenvalue weighted by atomic mass is 35.5. The number of nitrogens with one attached hydrogen (secondary N) is 2. The SMILES string of the molecule is Cc1ccc(Cl)cc1NC(=S)NCc1ccncc1. The third-order valence-corrected chi connectivity index (χ3v) is 3.13. The van der Waals surface area contributed by atoms with Crippen LogP contribution in [0.2, 0.25) is 5.02 Å². The Morgan fingerprint density at radius 2 is 2.00 bits per heavy atom. The fraction of sp³-hybridized carbons (Fsp3) is 0.143. The van der Waals surface area contributed by atoms with E-state index in [1.165, 1.54) is 0 Å². The van der Waals surface area contributed by atoms with Gasteiger partial charge < -0.3 is 10.6 Å². The van der Waals surface area contributed by atoms with Gasteiger partial charge in [-0.05, 0) is 54.5 Å². The van der Waals surface area contributed by atoms with Crippen LogP contribution in [0, 0.1) is 6.92 Å². The minimum Gasteiger partial charge on any atom is -0.358 e. The summed E-state index contributed by atoms with van der Waals surface area (Å²) in [4.78, 5) is 3.97. The molecule has 1 aromatic carbocycles. The second kappa shape index (κ2) is 6.50. The predicted octanol–water partition coefficient (Wildman–Crippen LogP) is 3.53. The van der Waals surface area contributed by atoms with Crippen molar-refractivity contribution < 1.29 is 0 Å². The molecule has 19 heavy (non-hydrogen) atoms. The number of hydrogen-bond acceptors (Lipinski definition) is 2. The predicted molar refractivity (Wildman–Crippen MR) is 83.5 cm³/mol. The molecular formula is C14H14ClN3S. The Bertz CT molecular complexity index is 572. The van der Waals surface area contributed by atoms with Gasteiger partial charge in [0.2, 0.25) is 0 Å². The van der Waals surface area contributed by atoms with E-state index in [1.54, 1.807) is 12.4 Å². The molecule has 0 unspecified atom stereocenters. The fourth-order valence-corrected chi connectivity index (χ4v) is 1.93. The average Bonchev–Trinajstić information content (AvgIpc) is 2.42. The van der Waals surface area contributed by atoms with Gasteiger partial charge in [0.15, 0.2) is 5.11 Å². The largest absolute Gasteiger partial charge is 0.358 e. The van der Waals surface area contributed by atoms with Gasteiger partial charge in [-0.25, -0.2) is 0 Å². The second-order valence-electron chi connectivity index (χ2n) is 4.12. The number of benzene rings is 1. The lowest BCUT2D eigenvalue weighted by Crippen LogP contribution is -2.28. The highest BCUT2D eigenvalue weighted by Gasteiger charge is 2.02. The molecule has 0 bridgehead atoms. The van der Waals surface area contributed by atoms with Gasteiger partial charge in [0.05, 0.1) is 0 Å². The van der Waals surface area contributed by atoms with Crippen LogP contribution in [0.15, 0.2) is 42.7 Å². The molecule has 2 aromatic rings. The van der Waals surface area contributed by atoms with Gasteiger partial charge in [-0.2, -0.15) is 0 Å². The summed E-state index contributed by atoms with van der Waals surface area (Å²) in [5.74, 6) is 0.